The van der Waals surface area contributed by atoms with Crippen molar-refractivity contribution in [2.75, 3.05) is 18.0 Å². The normalized spacial score (nSPS) is 13.7. The molecule has 138 valence electrons. The fraction of sp³-hybridized carbons (Fsp3) is 0.238. The van der Waals surface area contributed by atoms with Gasteiger partial charge in [0.2, 0.25) is 0 Å². The Labute approximate surface area is 163 Å². The molecule has 0 radical (unpaired) electrons. The monoisotopic (exact) mass is 380 g/mol. The number of carbonyl (C=O) groups is 1. The molecule has 1 aromatic heterocycles. The van der Waals surface area contributed by atoms with Crippen LogP contribution < -0.4 is 10.2 Å². The van der Waals surface area contributed by atoms with Gasteiger partial charge in [-0.3, -0.25) is 9.89 Å². The highest BCUT2D eigenvalue weighted by Gasteiger charge is 2.18. The predicted molar refractivity (Wildman–Crippen MR) is 108 cm³/mol. The number of halogens is 1. The number of aromatic nitrogens is 2. The maximum atomic E-state index is 12.8. The maximum Gasteiger partial charge on any atom is 0.255 e. The van der Waals surface area contributed by atoms with Crippen LogP contribution in [0.4, 0.5) is 5.69 Å². The quantitative estimate of drug-likeness (QED) is 0.695. The second kappa shape index (κ2) is 7.84. The van der Waals surface area contributed by atoms with Gasteiger partial charge in [0.05, 0.1) is 17.5 Å². The molecule has 4 rings (SSSR count). The molecular weight excluding hydrogens is 360 g/mol. The fourth-order valence-electron chi connectivity index (χ4n) is 3.49. The number of nitrogens with zero attached hydrogens (tertiary/aromatic N) is 2. The van der Waals surface area contributed by atoms with Gasteiger partial charge in [-0.15, -0.1) is 0 Å². The van der Waals surface area contributed by atoms with E-state index in [1.807, 2.05) is 24.3 Å². The first-order valence-corrected chi connectivity index (χ1v) is 9.50. The van der Waals surface area contributed by atoms with Gasteiger partial charge in [-0.25, -0.2) is 0 Å². The minimum Gasteiger partial charge on any atom is -0.371 e. The number of H-pyrrole nitrogens is 1. The molecule has 0 saturated carbocycles. The van der Waals surface area contributed by atoms with Gasteiger partial charge in [-0.2, -0.15) is 5.10 Å². The van der Waals surface area contributed by atoms with Gasteiger partial charge >= 0.3 is 0 Å². The summed E-state index contributed by atoms with van der Waals surface area (Å²) in [5, 5.41) is 10.7. The molecule has 6 heteroatoms. The van der Waals surface area contributed by atoms with Crippen LogP contribution >= 0.6 is 11.6 Å². The highest BCUT2D eigenvalue weighted by molar-refractivity contribution is 6.30. The van der Waals surface area contributed by atoms with Gasteiger partial charge < -0.3 is 10.2 Å². The summed E-state index contributed by atoms with van der Waals surface area (Å²) < 4.78 is 0. The number of carbonyl (C=O) groups excluding carboxylic acids is 1. The van der Waals surface area contributed by atoms with E-state index < -0.39 is 0 Å². The first-order chi connectivity index (χ1) is 13.2. The first-order valence-electron chi connectivity index (χ1n) is 9.13. The summed E-state index contributed by atoms with van der Waals surface area (Å²) in [5.74, 6) is -0.148. The Kier molecular flexibility index (Phi) is 5.12. The number of anilines is 1. The van der Waals surface area contributed by atoms with Gasteiger partial charge in [-0.05, 0) is 36.6 Å². The average Bonchev–Trinajstić information content (AvgIpc) is 3.39. The van der Waals surface area contributed by atoms with Crippen molar-refractivity contribution >= 4 is 23.2 Å². The summed E-state index contributed by atoms with van der Waals surface area (Å²) in [6, 6.07) is 15.6. The van der Waals surface area contributed by atoms with E-state index in [2.05, 4.69) is 32.5 Å². The third-order valence-corrected chi connectivity index (χ3v) is 5.15. The lowest BCUT2D eigenvalue weighted by Gasteiger charge is -2.21. The number of benzene rings is 2. The SMILES string of the molecule is O=C(NCc1ccccc1N1CCCC1)c1cn[nH]c1-c1ccc(Cl)cc1. The van der Waals surface area contributed by atoms with Crippen molar-refractivity contribution < 1.29 is 4.79 Å². The standard InChI is InChI=1S/C21H21ClN4O/c22-17-9-7-15(8-10-17)20-18(14-24-25-20)21(27)23-13-16-5-1-2-6-19(16)26-11-3-4-12-26/h1-2,5-10,14H,3-4,11-13H2,(H,23,27)(H,24,25). The minimum absolute atomic E-state index is 0.148. The van der Waals surface area contributed by atoms with E-state index in [1.165, 1.54) is 18.5 Å². The van der Waals surface area contributed by atoms with E-state index in [9.17, 15) is 4.79 Å². The number of nitrogens with one attached hydrogen (secondary N) is 2. The number of amides is 1. The molecule has 5 nitrogen and oxygen atoms in total. The molecule has 2 aromatic carbocycles. The van der Waals surface area contributed by atoms with Crippen molar-refractivity contribution in [3.05, 3.63) is 70.9 Å². The van der Waals surface area contributed by atoms with Crippen molar-refractivity contribution in [2.24, 2.45) is 0 Å². The zero-order valence-corrected chi connectivity index (χ0v) is 15.7. The van der Waals surface area contributed by atoms with Gasteiger partial charge in [0.25, 0.3) is 5.91 Å². The Balaban J connectivity index is 1.50. The summed E-state index contributed by atoms with van der Waals surface area (Å²) >= 11 is 5.95. The lowest BCUT2D eigenvalue weighted by atomic mass is 10.1. The molecule has 2 heterocycles. The lowest BCUT2D eigenvalue weighted by molar-refractivity contribution is 0.0951. The van der Waals surface area contributed by atoms with Crippen LogP contribution in [0.15, 0.2) is 54.7 Å². The van der Waals surface area contributed by atoms with Gasteiger partial charge in [0.1, 0.15) is 0 Å². The van der Waals surface area contributed by atoms with Crippen LogP contribution in [0.5, 0.6) is 0 Å². The van der Waals surface area contributed by atoms with Gasteiger partial charge in [0.15, 0.2) is 0 Å². The van der Waals surface area contributed by atoms with E-state index in [4.69, 9.17) is 11.6 Å². The summed E-state index contributed by atoms with van der Waals surface area (Å²) in [4.78, 5) is 15.1. The molecule has 1 amide bonds. The minimum atomic E-state index is -0.148. The topological polar surface area (TPSA) is 61.0 Å². The van der Waals surface area contributed by atoms with Crippen LogP contribution in [0.2, 0.25) is 5.02 Å². The predicted octanol–water partition coefficient (Wildman–Crippen LogP) is 4.26. The molecular formula is C21H21ClN4O. The van der Waals surface area contributed by atoms with Crippen LogP contribution in [0, 0.1) is 0 Å². The number of rotatable bonds is 5. The first kappa shape index (κ1) is 17.6. The summed E-state index contributed by atoms with van der Waals surface area (Å²) in [5.41, 5.74) is 4.43. The van der Waals surface area contributed by atoms with E-state index in [1.54, 1.807) is 18.3 Å². The van der Waals surface area contributed by atoms with Crippen molar-refractivity contribution in [3.63, 3.8) is 0 Å². The maximum absolute atomic E-state index is 12.8. The number of hydrogen-bond acceptors (Lipinski definition) is 3. The van der Waals surface area contributed by atoms with E-state index >= 15 is 0 Å². The molecule has 3 aromatic rings. The van der Waals surface area contributed by atoms with Crippen LogP contribution in [-0.4, -0.2) is 29.2 Å². The van der Waals surface area contributed by atoms with Crippen molar-refractivity contribution in [1.29, 1.82) is 0 Å². The molecule has 0 bridgehead atoms. The smallest absolute Gasteiger partial charge is 0.255 e. The number of para-hydroxylation sites is 1. The van der Waals surface area contributed by atoms with E-state index in [0.29, 0.717) is 22.8 Å². The van der Waals surface area contributed by atoms with E-state index in [-0.39, 0.29) is 5.91 Å². The molecule has 2 N–H and O–H groups in total. The molecule has 27 heavy (non-hydrogen) atoms. The molecule has 1 saturated heterocycles. The van der Waals surface area contributed by atoms with Crippen molar-refractivity contribution in [2.45, 2.75) is 19.4 Å². The third kappa shape index (κ3) is 3.83. The summed E-state index contributed by atoms with van der Waals surface area (Å²) in [6.07, 6.45) is 4.01. The largest absolute Gasteiger partial charge is 0.371 e. The van der Waals surface area contributed by atoms with Crippen LogP contribution in [-0.2, 0) is 6.54 Å². The van der Waals surface area contributed by atoms with Crippen LogP contribution in [0.25, 0.3) is 11.3 Å². The average molecular weight is 381 g/mol. The van der Waals surface area contributed by atoms with Crippen LogP contribution in [0.3, 0.4) is 0 Å². The highest BCUT2D eigenvalue weighted by atomic mass is 35.5. The Morgan fingerprint density at radius 2 is 1.85 bits per heavy atom. The summed E-state index contributed by atoms with van der Waals surface area (Å²) in [7, 11) is 0. The van der Waals surface area contributed by atoms with E-state index in [0.717, 1.165) is 24.2 Å². The molecule has 1 aliphatic heterocycles. The van der Waals surface area contributed by atoms with Crippen LogP contribution in [0.1, 0.15) is 28.8 Å². The summed E-state index contributed by atoms with van der Waals surface area (Å²) in [6.45, 7) is 2.64. The fourth-order valence-corrected chi connectivity index (χ4v) is 3.62. The second-order valence-electron chi connectivity index (χ2n) is 6.67. The van der Waals surface area contributed by atoms with Crippen molar-refractivity contribution in [1.82, 2.24) is 15.5 Å². The zero-order chi connectivity index (χ0) is 18.6. The molecule has 1 fully saturated rings. The zero-order valence-electron chi connectivity index (χ0n) is 14.9. The highest BCUT2D eigenvalue weighted by Crippen LogP contribution is 2.25. The molecule has 0 aliphatic carbocycles. The number of aromatic amines is 1. The molecule has 0 unspecified atom stereocenters. The Bertz CT molecular complexity index is 929. The van der Waals surface area contributed by atoms with Gasteiger partial charge in [0, 0.05) is 35.9 Å². The number of hydrogen-bond donors (Lipinski definition) is 2. The van der Waals surface area contributed by atoms with Crippen molar-refractivity contribution in [3.8, 4) is 11.3 Å². The van der Waals surface area contributed by atoms with Gasteiger partial charge in [-0.1, -0.05) is 41.9 Å². The molecule has 1 aliphatic rings. The Hall–Kier alpha value is -2.79. The Morgan fingerprint density at radius 1 is 1.11 bits per heavy atom. The Morgan fingerprint density at radius 3 is 2.63 bits per heavy atom. The molecule has 0 spiro atoms. The molecule has 0 atom stereocenters. The lowest BCUT2D eigenvalue weighted by Crippen LogP contribution is -2.25. The third-order valence-electron chi connectivity index (χ3n) is 4.89. The second-order valence-corrected chi connectivity index (χ2v) is 7.11.